The zero-order valence-electron chi connectivity index (χ0n) is 10.7. The summed E-state index contributed by atoms with van der Waals surface area (Å²) >= 11 is 1.53. The van der Waals surface area contributed by atoms with E-state index in [0.717, 1.165) is 24.2 Å². The highest BCUT2D eigenvalue weighted by atomic mass is 32.1. The van der Waals surface area contributed by atoms with Crippen LogP contribution >= 0.6 is 11.3 Å². The van der Waals surface area contributed by atoms with E-state index in [1.54, 1.807) is 11.6 Å². The maximum absolute atomic E-state index is 13.2. The fourth-order valence-corrected chi connectivity index (χ4v) is 2.50. The van der Waals surface area contributed by atoms with Gasteiger partial charge in [-0.15, -0.1) is 11.3 Å². The van der Waals surface area contributed by atoms with Gasteiger partial charge in [0.25, 0.3) is 0 Å². The number of rotatable bonds is 6. The number of hydrogen-bond acceptors (Lipinski definition) is 3. The summed E-state index contributed by atoms with van der Waals surface area (Å²) in [6.45, 7) is 2.95. The van der Waals surface area contributed by atoms with E-state index in [1.807, 2.05) is 5.38 Å². The van der Waals surface area contributed by atoms with Crippen LogP contribution in [-0.2, 0) is 6.42 Å². The maximum Gasteiger partial charge on any atom is 0.159 e. The van der Waals surface area contributed by atoms with Crippen molar-refractivity contribution in [1.82, 2.24) is 10.3 Å². The van der Waals surface area contributed by atoms with E-state index in [2.05, 4.69) is 17.2 Å². The van der Waals surface area contributed by atoms with Crippen LogP contribution in [0.3, 0.4) is 0 Å². The fourth-order valence-electron chi connectivity index (χ4n) is 1.90. The number of aromatic nitrogens is 1. The summed E-state index contributed by atoms with van der Waals surface area (Å²) in [5.74, 6) is -1.61. The van der Waals surface area contributed by atoms with Crippen LogP contribution in [0.25, 0.3) is 0 Å². The summed E-state index contributed by atoms with van der Waals surface area (Å²) in [5.41, 5.74) is 3.49. The van der Waals surface area contributed by atoms with E-state index in [-0.39, 0.29) is 6.04 Å². The van der Waals surface area contributed by atoms with E-state index in [1.165, 1.54) is 23.5 Å². The Bertz CT molecular complexity index is 514. The van der Waals surface area contributed by atoms with Gasteiger partial charge in [0.15, 0.2) is 11.6 Å². The van der Waals surface area contributed by atoms with Gasteiger partial charge in [-0.3, -0.25) is 0 Å². The molecule has 1 heterocycles. The second-order valence-electron chi connectivity index (χ2n) is 4.37. The molecule has 102 valence electrons. The molecular formula is C14H16F2N2S. The molecule has 2 rings (SSSR count). The Hall–Kier alpha value is -1.33. The standard InChI is InChI=1S/C14H16F2N2S/c1-2-5-17-13(14-8-19-9-18-14)7-10-3-4-11(15)12(16)6-10/h3-4,6,8-9,13,17H,2,5,7H2,1H3. The molecule has 0 bridgehead atoms. The number of nitrogens with one attached hydrogen (secondary N) is 1. The molecule has 19 heavy (non-hydrogen) atoms. The van der Waals surface area contributed by atoms with Crippen LogP contribution in [0.2, 0.25) is 0 Å². The molecule has 0 aliphatic rings. The molecular weight excluding hydrogens is 266 g/mol. The van der Waals surface area contributed by atoms with Gasteiger partial charge in [-0.25, -0.2) is 13.8 Å². The van der Waals surface area contributed by atoms with E-state index in [0.29, 0.717) is 6.42 Å². The summed E-state index contributed by atoms with van der Waals surface area (Å²) in [6, 6.07) is 4.08. The van der Waals surface area contributed by atoms with Gasteiger partial charge in [-0.05, 0) is 37.1 Å². The van der Waals surface area contributed by atoms with Crippen LogP contribution in [0, 0.1) is 11.6 Å². The van der Waals surface area contributed by atoms with E-state index < -0.39 is 11.6 Å². The number of halogens is 2. The monoisotopic (exact) mass is 282 g/mol. The highest BCUT2D eigenvalue weighted by Gasteiger charge is 2.14. The van der Waals surface area contributed by atoms with Crippen molar-refractivity contribution in [3.63, 3.8) is 0 Å². The first-order chi connectivity index (χ1) is 9.20. The Morgan fingerprint density at radius 2 is 2.16 bits per heavy atom. The van der Waals surface area contributed by atoms with Crippen LogP contribution in [0.1, 0.15) is 30.6 Å². The molecule has 5 heteroatoms. The average Bonchev–Trinajstić information content (AvgIpc) is 2.92. The Labute approximate surface area is 115 Å². The molecule has 2 nitrogen and oxygen atoms in total. The molecule has 0 saturated carbocycles. The largest absolute Gasteiger partial charge is 0.308 e. The summed E-state index contributed by atoms with van der Waals surface area (Å²) < 4.78 is 26.1. The third-order valence-corrected chi connectivity index (χ3v) is 3.48. The van der Waals surface area contributed by atoms with Crippen molar-refractivity contribution in [3.05, 3.63) is 52.0 Å². The topological polar surface area (TPSA) is 24.9 Å². The SMILES string of the molecule is CCCNC(Cc1ccc(F)c(F)c1)c1cscn1. The Morgan fingerprint density at radius 1 is 1.32 bits per heavy atom. The second-order valence-corrected chi connectivity index (χ2v) is 5.09. The molecule has 0 aliphatic carbocycles. The summed E-state index contributed by atoms with van der Waals surface area (Å²) in [5, 5.41) is 5.36. The molecule has 0 radical (unpaired) electrons. The summed E-state index contributed by atoms with van der Waals surface area (Å²) in [6.07, 6.45) is 1.61. The molecule has 1 unspecified atom stereocenters. The quantitative estimate of drug-likeness (QED) is 0.873. The minimum Gasteiger partial charge on any atom is -0.308 e. The molecule has 0 spiro atoms. The minimum absolute atomic E-state index is 0.0380. The van der Waals surface area contributed by atoms with Gasteiger partial charge in [0.05, 0.1) is 17.2 Å². The van der Waals surface area contributed by atoms with Crippen molar-refractivity contribution in [2.75, 3.05) is 6.54 Å². The lowest BCUT2D eigenvalue weighted by atomic mass is 10.0. The van der Waals surface area contributed by atoms with Crippen molar-refractivity contribution in [2.24, 2.45) is 0 Å². The second kappa shape index (κ2) is 6.73. The number of benzene rings is 1. The van der Waals surface area contributed by atoms with Gasteiger partial charge >= 0.3 is 0 Å². The van der Waals surface area contributed by atoms with E-state index in [9.17, 15) is 8.78 Å². The first-order valence-electron chi connectivity index (χ1n) is 6.26. The molecule has 1 atom stereocenters. The lowest BCUT2D eigenvalue weighted by Crippen LogP contribution is -2.24. The molecule has 1 aromatic carbocycles. The Kier molecular flexibility index (Phi) is 4.99. The van der Waals surface area contributed by atoms with Gasteiger partial charge in [0.2, 0.25) is 0 Å². The predicted octanol–water partition coefficient (Wildman–Crippen LogP) is 3.70. The van der Waals surface area contributed by atoms with Gasteiger partial charge in [-0.2, -0.15) is 0 Å². The van der Waals surface area contributed by atoms with Crippen molar-refractivity contribution in [3.8, 4) is 0 Å². The third kappa shape index (κ3) is 3.81. The first-order valence-corrected chi connectivity index (χ1v) is 7.20. The van der Waals surface area contributed by atoms with Crippen molar-refractivity contribution < 1.29 is 8.78 Å². The highest BCUT2D eigenvalue weighted by Crippen LogP contribution is 2.20. The molecule has 0 amide bonds. The Balaban J connectivity index is 2.13. The average molecular weight is 282 g/mol. The van der Waals surface area contributed by atoms with Crippen LogP contribution in [0.15, 0.2) is 29.1 Å². The van der Waals surface area contributed by atoms with Crippen LogP contribution in [-0.4, -0.2) is 11.5 Å². The first kappa shape index (κ1) is 14.1. The van der Waals surface area contributed by atoms with Crippen LogP contribution < -0.4 is 5.32 Å². The van der Waals surface area contributed by atoms with Crippen molar-refractivity contribution in [1.29, 1.82) is 0 Å². The molecule has 0 saturated heterocycles. The lowest BCUT2D eigenvalue weighted by Gasteiger charge is -2.16. The zero-order valence-corrected chi connectivity index (χ0v) is 11.5. The lowest BCUT2D eigenvalue weighted by molar-refractivity contribution is 0.498. The molecule has 1 N–H and O–H groups in total. The smallest absolute Gasteiger partial charge is 0.159 e. The van der Waals surface area contributed by atoms with E-state index >= 15 is 0 Å². The normalized spacial score (nSPS) is 12.6. The fraction of sp³-hybridized carbons (Fsp3) is 0.357. The third-order valence-electron chi connectivity index (χ3n) is 2.87. The highest BCUT2D eigenvalue weighted by molar-refractivity contribution is 7.07. The minimum atomic E-state index is -0.810. The zero-order chi connectivity index (χ0) is 13.7. The van der Waals surface area contributed by atoms with Gasteiger partial charge in [0, 0.05) is 5.38 Å². The Morgan fingerprint density at radius 3 is 2.79 bits per heavy atom. The van der Waals surface area contributed by atoms with Gasteiger partial charge in [0.1, 0.15) is 0 Å². The predicted molar refractivity (Wildman–Crippen MR) is 73.2 cm³/mol. The van der Waals surface area contributed by atoms with Crippen molar-refractivity contribution >= 4 is 11.3 Å². The summed E-state index contributed by atoms with van der Waals surface area (Å²) in [7, 11) is 0. The van der Waals surface area contributed by atoms with Crippen LogP contribution in [0.5, 0.6) is 0 Å². The van der Waals surface area contributed by atoms with Crippen LogP contribution in [0.4, 0.5) is 8.78 Å². The summed E-state index contributed by atoms with van der Waals surface area (Å²) in [4.78, 5) is 4.29. The maximum atomic E-state index is 13.2. The van der Waals surface area contributed by atoms with Crippen molar-refractivity contribution in [2.45, 2.75) is 25.8 Å². The number of nitrogens with zero attached hydrogens (tertiary/aromatic N) is 1. The number of thiazole rings is 1. The van der Waals surface area contributed by atoms with Gasteiger partial charge < -0.3 is 5.32 Å². The molecule has 0 fully saturated rings. The molecule has 0 aliphatic heterocycles. The molecule has 2 aromatic rings. The number of hydrogen-bond donors (Lipinski definition) is 1. The van der Waals surface area contributed by atoms with E-state index in [4.69, 9.17) is 0 Å². The van der Waals surface area contributed by atoms with Gasteiger partial charge in [-0.1, -0.05) is 13.0 Å². The molecule has 1 aromatic heterocycles.